The molecule has 1 aliphatic heterocycles. The van der Waals surface area contributed by atoms with Crippen LogP contribution in [0.1, 0.15) is 4.79 Å². The molecule has 1 unspecified atom stereocenters. The quantitative estimate of drug-likeness (QED) is 0.616. The highest BCUT2D eigenvalue weighted by molar-refractivity contribution is 9.10. The number of carbonyl (C=O) groups is 1. The van der Waals surface area contributed by atoms with Gasteiger partial charge in [-0.3, -0.25) is 9.36 Å². The first kappa shape index (κ1) is 15.6. The first-order valence-corrected chi connectivity index (χ1v) is 9.22. The van der Waals surface area contributed by atoms with Crippen LogP contribution in [0.4, 0.5) is 5.69 Å². The summed E-state index contributed by atoms with van der Waals surface area (Å²) in [5, 5.41) is 6.73. The van der Waals surface area contributed by atoms with E-state index < -0.39 is 5.37 Å². The van der Waals surface area contributed by atoms with Gasteiger partial charge in [-0.1, -0.05) is 36.0 Å². The van der Waals surface area contributed by atoms with Crippen LogP contribution in [0.25, 0.3) is 11.0 Å². The number of aromatic nitrogens is 2. The van der Waals surface area contributed by atoms with Crippen molar-refractivity contribution in [3.63, 3.8) is 0 Å². The van der Waals surface area contributed by atoms with Gasteiger partial charge in [-0.2, -0.15) is 0 Å². The Labute approximate surface area is 156 Å². The van der Waals surface area contributed by atoms with Crippen molar-refractivity contribution in [2.75, 3.05) is 5.32 Å². The molecular formula is C16H11BrN4OS2. The fraction of sp³-hybridized carbons (Fsp3) is 0.0625. The van der Waals surface area contributed by atoms with Crippen molar-refractivity contribution in [1.82, 2.24) is 14.9 Å². The van der Waals surface area contributed by atoms with Gasteiger partial charge in [0.15, 0.2) is 15.6 Å². The van der Waals surface area contributed by atoms with Crippen LogP contribution < -0.4 is 10.6 Å². The van der Waals surface area contributed by atoms with Gasteiger partial charge in [0.2, 0.25) is 0 Å². The average molecular weight is 419 g/mol. The minimum absolute atomic E-state index is 0.0695. The third-order valence-corrected chi connectivity index (χ3v) is 5.53. The van der Waals surface area contributed by atoms with E-state index in [4.69, 9.17) is 12.2 Å². The number of hydrogen-bond acceptors (Lipinski definition) is 4. The zero-order chi connectivity index (χ0) is 16.7. The Morgan fingerprint density at radius 1 is 1.21 bits per heavy atom. The van der Waals surface area contributed by atoms with Gasteiger partial charge in [0, 0.05) is 4.47 Å². The molecule has 0 radical (unpaired) electrons. The molecule has 8 heteroatoms. The lowest BCUT2D eigenvalue weighted by molar-refractivity contribution is 0.0910. The molecular weight excluding hydrogens is 408 g/mol. The second kappa shape index (κ2) is 6.19. The number of para-hydroxylation sites is 3. The molecule has 0 saturated carbocycles. The van der Waals surface area contributed by atoms with E-state index in [2.05, 4.69) is 31.5 Å². The summed E-state index contributed by atoms with van der Waals surface area (Å²) in [5.74, 6) is -0.0695. The Kier molecular flexibility index (Phi) is 4.03. The highest BCUT2D eigenvalue weighted by atomic mass is 79.9. The summed E-state index contributed by atoms with van der Waals surface area (Å²) in [7, 11) is 0. The van der Waals surface area contributed by atoms with E-state index in [0.29, 0.717) is 10.3 Å². The van der Waals surface area contributed by atoms with Crippen molar-refractivity contribution >= 4 is 67.7 Å². The molecule has 0 aliphatic carbocycles. The number of thiocarbonyl (C=S) groups is 1. The number of benzene rings is 2. The Morgan fingerprint density at radius 3 is 2.79 bits per heavy atom. The maximum atomic E-state index is 12.7. The second-order valence-corrected chi connectivity index (χ2v) is 7.47. The topological polar surface area (TPSA) is 59.0 Å². The SMILES string of the molecule is O=C1C(NC(=S)Nc2ccccc2Br)Sc2nc3ccccc3n21. The number of anilines is 1. The van der Waals surface area contributed by atoms with Gasteiger partial charge in [-0.05, 0) is 52.4 Å². The molecule has 1 atom stereocenters. The van der Waals surface area contributed by atoms with Crippen LogP contribution in [0, 0.1) is 0 Å². The van der Waals surface area contributed by atoms with Gasteiger partial charge in [-0.25, -0.2) is 4.98 Å². The molecule has 0 spiro atoms. The third-order valence-electron chi connectivity index (χ3n) is 3.58. The summed E-state index contributed by atoms with van der Waals surface area (Å²) < 4.78 is 2.54. The van der Waals surface area contributed by atoms with Crippen molar-refractivity contribution in [1.29, 1.82) is 0 Å². The van der Waals surface area contributed by atoms with Crippen LogP contribution in [-0.2, 0) is 0 Å². The molecule has 2 aromatic carbocycles. The molecule has 5 nitrogen and oxygen atoms in total. The van der Waals surface area contributed by atoms with Gasteiger partial charge in [0.05, 0.1) is 16.7 Å². The first-order chi connectivity index (χ1) is 11.6. The van der Waals surface area contributed by atoms with Crippen LogP contribution in [0.15, 0.2) is 58.2 Å². The first-order valence-electron chi connectivity index (χ1n) is 7.14. The van der Waals surface area contributed by atoms with E-state index in [1.54, 1.807) is 4.57 Å². The van der Waals surface area contributed by atoms with Gasteiger partial charge in [0.25, 0.3) is 5.91 Å². The molecule has 24 heavy (non-hydrogen) atoms. The summed E-state index contributed by atoms with van der Waals surface area (Å²) in [6, 6.07) is 15.3. The largest absolute Gasteiger partial charge is 0.342 e. The van der Waals surface area contributed by atoms with Crippen LogP contribution in [0.3, 0.4) is 0 Å². The Morgan fingerprint density at radius 2 is 1.96 bits per heavy atom. The monoisotopic (exact) mass is 418 g/mol. The zero-order valence-electron chi connectivity index (χ0n) is 12.2. The highest BCUT2D eigenvalue weighted by Crippen LogP contribution is 2.33. The van der Waals surface area contributed by atoms with Crippen LogP contribution in [0.5, 0.6) is 0 Å². The number of imidazole rings is 1. The molecule has 120 valence electrons. The molecule has 4 rings (SSSR count). The molecule has 0 saturated heterocycles. The van der Waals surface area contributed by atoms with Crippen molar-refractivity contribution in [3.8, 4) is 0 Å². The number of thioether (sulfide) groups is 1. The number of halogens is 1. The highest BCUT2D eigenvalue weighted by Gasteiger charge is 2.34. The summed E-state index contributed by atoms with van der Waals surface area (Å²) in [4.78, 5) is 17.2. The normalized spacial score (nSPS) is 16.2. The van der Waals surface area contributed by atoms with Crippen LogP contribution >= 0.6 is 39.9 Å². The molecule has 2 N–H and O–H groups in total. The van der Waals surface area contributed by atoms with Crippen LogP contribution in [0.2, 0.25) is 0 Å². The van der Waals surface area contributed by atoms with Crippen molar-refractivity contribution in [2.45, 2.75) is 10.5 Å². The second-order valence-electron chi connectivity index (χ2n) is 5.13. The predicted molar refractivity (Wildman–Crippen MR) is 104 cm³/mol. The van der Waals surface area contributed by atoms with E-state index in [0.717, 1.165) is 21.2 Å². The van der Waals surface area contributed by atoms with Gasteiger partial charge in [0.1, 0.15) is 0 Å². The zero-order valence-corrected chi connectivity index (χ0v) is 15.4. The van der Waals surface area contributed by atoms with E-state index in [1.165, 1.54) is 11.8 Å². The maximum Gasteiger partial charge on any atom is 0.266 e. The summed E-state index contributed by atoms with van der Waals surface area (Å²) in [6.45, 7) is 0. The number of rotatable bonds is 2. The standard InChI is InChI=1S/C16H11BrN4OS2/c17-9-5-1-2-6-10(9)18-15(23)20-13-14(22)21-12-8-4-3-7-11(12)19-16(21)24-13/h1-8,13H,(H2,18,20,23). The van der Waals surface area contributed by atoms with Gasteiger partial charge >= 0.3 is 0 Å². The molecule has 0 bridgehead atoms. The molecule has 0 fully saturated rings. The van der Waals surface area contributed by atoms with Crippen molar-refractivity contribution < 1.29 is 4.79 Å². The maximum absolute atomic E-state index is 12.7. The molecule has 2 heterocycles. The molecule has 3 aromatic rings. The fourth-order valence-electron chi connectivity index (χ4n) is 2.50. The number of nitrogens with zero attached hydrogens (tertiary/aromatic N) is 2. The average Bonchev–Trinajstić information content (AvgIpc) is 3.07. The van der Waals surface area contributed by atoms with Gasteiger partial charge in [-0.15, -0.1) is 0 Å². The number of nitrogens with one attached hydrogen (secondary N) is 2. The smallest absolute Gasteiger partial charge is 0.266 e. The lowest BCUT2D eigenvalue weighted by atomic mass is 10.3. The number of carbonyl (C=O) groups excluding carboxylic acids is 1. The van der Waals surface area contributed by atoms with E-state index >= 15 is 0 Å². The van der Waals surface area contributed by atoms with Gasteiger partial charge < -0.3 is 10.6 Å². The Hall–Kier alpha value is -1.90. The molecule has 1 aliphatic rings. The van der Waals surface area contributed by atoms with Crippen molar-refractivity contribution in [2.24, 2.45) is 0 Å². The predicted octanol–water partition coefficient (Wildman–Crippen LogP) is 3.86. The lowest BCUT2D eigenvalue weighted by Crippen LogP contribution is -2.40. The number of fused-ring (bicyclic) bond motifs is 3. The molecule has 0 amide bonds. The number of hydrogen-bond donors (Lipinski definition) is 2. The van der Waals surface area contributed by atoms with E-state index in [1.807, 2.05) is 48.5 Å². The summed E-state index contributed by atoms with van der Waals surface area (Å²) in [6.07, 6.45) is 0. The summed E-state index contributed by atoms with van der Waals surface area (Å²) in [5.41, 5.74) is 2.48. The third kappa shape index (κ3) is 2.70. The van der Waals surface area contributed by atoms with E-state index in [-0.39, 0.29) is 5.91 Å². The Bertz CT molecular complexity index is 972. The molecule has 1 aromatic heterocycles. The minimum atomic E-state index is -0.486. The van der Waals surface area contributed by atoms with E-state index in [9.17, 15) is 4.79 Å². The minimum Gasteiger partial charge on any atom is -0.342 e. The lowest BCUT2D eigenvalue weighted by Gasteiger charge is -2.14. The summed E-state index contributed by atoms with van der Waals surface area (Å²) >= 11 is 10.2. The van der Waals surface area contributed by atoms with Crippen LogP contribution in [-0.4, -0.2) is 25.9 Å². The fourth-order valence-corrected chi connectivity index (χ4v) is 4.23. The Balaban J connectivity index is 1.51. The van der Waals surface area contributed by atoms with Crippen molar-refractivity contribution in [3.05, 3.63) is 53.0 Å².